The molecule has 0 spiro atoms. The van der Waals surface area contributed by atoms with Crippen molar-refractivity contribution in [2.45, 2.75) is 26.3 Å². The summed E-state index contributed by atoms with van der Waals surface area (Å²) in [5, 5.41) is 4.34. The number of ketones is 1. The van der Waals surface area contributed by atoms with Crippen LogP contribution in [0.2, 0.25) is 10.0 Å². The lowest BCUT2D eigenvalue weighted by Crippen LogP contribution is -2.13. The summed E-state index contributed by atoms with van der Waals surface area (Å²) in [6, 6.07) is 4.59. The van der Waals surface area contributed by atoms with Crippen molar-refractivity contribution < 1.29 is 9.18 Å². The third kappa shape index (κ3) is 3.02. The number of carbonyl (C=O) groups is 1. The molecule has 0 aliphatic rings. The minimum atomic E-state index is -0.569. The Labute approximate surface area is 126 Å². The van der Waals surface area contributed by atoms with Crippen molar-refractivity contribution in [3.05, 3.63) is 51.5 Å². The van der Waals surface area contributed by atoms with Crippen LogP contribution in [0.25, 0.3) is 0 Å². The first-order chi connectivity index (χ1) is 9.54. The molecule has 0 fully saturated rings. The summed E-state index contributed by atoms with van der Waals surface area (Å²) >= 11 is 11.7. The van der Waals surface area contributed by atoms with Gasteiger partial charge in [0.05, 0.1) is 16.2 Å². The van der Waals surface area contributed by atoms with E-state index in [1.54, 1.807) is 10.7 Å². The van der Waals surface area contributed by atoms with E-state index in [9.17, 15) is 9.18 Å². The first-order valence-corrected chi connectivity index (χ1v) is 6.97. The maximum Gasteiger partial charge on any atom is 0.186 e. The summed E-state index contributed by atoms with van der Waals surface area (Å²) in [6.07, 6.45) is 2.16. The summed E-state index contributed by atoms with van der Waals surface area (Å²) in [7, 11) is 0. The Bertz CT molecular complexity index is 640. The van der Waals surface area contributed by atoms with Gasteiger partial charge in [0.1, 0.15) is 11.5 Å². The van der Waals surface area contributed by atoms with Crippen molar-refractivity contribution in [3.63, 3.8) is 0 Å². The number of nitrogens with zero attached hydrogens (tertiary/aromatic N) is 2. The maximum atomic E-state index is 13.8. The Morgan fingerprint density at radius 3 is 2.80 bits per heavy atom. The Morgan fingerprint density at radius 1 is 1.35 bits per heavy atom. The molecule has 0 amide bonds. The molecule has 0 unspecified atom stereocenters. The van der Waals surface area contributed by atoms with Crippen molar-refractivity contribution >= 4 is 29.0 Å². The van der Waals surface area contributed by atoms with E-state index in [-0.39, 0.29) is 27.8 Å². The van der Waals surface area contributed by atoms with Gasteiger partial charge in [0.2, 0.25) is 0 Å². The van der Waals surface area contributed by atoms with Crippen LogP contribution in [-0.4, -0.2) is 15.6 Å². The van der Waals surface area contributed by atoms with Gasteiger partial charge in [-0.05, 0) is 18.1 Å². The van der Waals surface area contributed by atoms with Gasteiger partial charge in [-0.3, -0.25) is 9.48 Å². The standard InChI is InChI=1S/C14H13Cl2FN2O/c1-2-6-19-14(11(16)8-18-19)12(20)7-9-4-3-5-10(15)13(9)17/h3-5,8H,2,6-7H2,1H3. The van der Waals surface area contributed by atoms with Crippen LogP contribution in [0.5, 0.6) is 0 Å². The van der Waals surface area contributed by atoms with Crippen molar-refractivity contribution in [1.82, 2.24) is 9.78 Å². The number of aryl methyl sites for hydroxylation is 1. The van der Waals surface area contributed by atoms with Gasteiger partial charge in [0.15, 0.2) is 5.78 Å². The third-order valence-corrected chi connectivity index (χ3v) is 3.45. The molecule has 0 radical (unpaired) electrons. The first kappa shape index (κ1) is 15.0. The van der Waals surface area contributed by atoms with Gasteiger partial charge >= 0.3 is 0 Å². The van der Waals surface area contributed by atoms with Crippen LogP contribution in [0.15, 0.2) is 24.4 Å². The van der Waals surface area contributed by atoms with Gasteiger partial charge < -0.3 is 0 Å². The second kappa shape index (κ2) is 6.37. The molecule has 2 rings (SSSR count). The molecular weight excluding hydrogens is 302 g/mol. The summed E-state index contributed by atoms with van der Waals surface area (Å²) in [4.78, 5) is 12.3. The predicted octanol–water partition coefficient (Wildman–Crippen LogP) is 4.16. The van der Waals surface area contributed by atoms with E-state index in [1.807, 2.05) is 6.92 Å². The number of rotatable bonds is 5. The number of aromatic nitrogens is 2. The smallest absolute Gasteiger partial charge is 0.186 e. The third-order valence-electron chi connectivity index (χ3n) is 2.88. The van der Waals surface area contributed by atoms with Crippen LogP contribution in [0.3, 0.4) is 0 Å². The van der Waals surface area contributed by atoms with E-state index in [1.165, 1.54) is 18.3 Å². The quantitative estimate of drug-likeness (QED) is 0.776. The fourth-order valence-electron chi connectivity index (χ4n) is 1.96. The molecule has 0 aliphatic carbocycles. The molecule has 2 aromatic rings. The molecule has 0 atom stereocenters. The van der Waals surface area contributed by atoms with Gasteiger partial charge in [0, 0.05) is 13.0 Å². The van der Waals surface area contributed by atoms with Crippen molar-refractivity contribution in [1.29, 1.82) is 0 Å². The minimum Gasteiger partial charge on any atom is -0.292 e. The van der Waals surface area contributed by atoms with Crippen LogP contribution in [0.4, 0.5) is 4.39 Å². The fraction of sp³-hybridized carbons (Fsp3) is 0.286. The lowest BCUT2D eigenvalue weighted by molar-refractivity contribution is 0.0981. The summed E-state index contributed by atoms with van der Waals surface area (Å²) < 4.78 is 15.4. The van der Waals surface area contributed by atoms with Crippen molar-refractivity contribution in [3.8, 4) is 0 Å². The molecule has 20 heavy (non-hydrogen) atoms. The molecule has 1 aromatic heterocycles. The summed E-state index contributed by atoms with van der Waals surface area (Å²) in [5.41, 5.74) is 0.565. The fourth-order valence-corrected chi connectivity index (χ4v) is 2.40. The highest BCUT2D eigenvalue weighted by Gasteiger charge is 2.19. The lowest BCUT2D eigenvalue weighted by atomic mass is 10.1. The second-order valence-corrected chi connectivity index (χ2v) is 5.19. The average molecular weight is 315 g/mol. The highest BCUT2D eigenvalue weighted by atomic mass is 35.5. The number of hydrogen-bond donors (Lipinski definition) is 0. The minimum absolute atomic E-state index is 0.00321. The average Bonchev–Trinajstić information content (AvgIpc) is 2.77. The van der Waals surface area contributed by atoms with Crippen LogP contribution in [0.1, 0.15) is 29.4 Å². The monoisotopic (exact) mass is 314 g/mol. The van der Waals surface area contributed by atoms with Gasteiger partial charge in [-0.1, -0.05) is 42.3 Å². The SMILES string of the molecule is CCCn1ncc(Cl)c1C(=O)Cc1cccc(Cl)c1F. The normalized spacial score (nSPS) is 10.8. The largest absolute Gasteiger partial charge is 0.292 e. The topological polar surface area (TPSA) is 34.9 Å². The van der Waals surface area contributed by atoms with Gasteiger partial charge in [0.25, 0.3) is 0 Å². The molecule has 0 bridgehead atoms. The van der Waals surface area contributed by atoms with E-state index in [2.05, 4.69) is 5.10 Å². The molecule has 0 aliphatic heterocycles. The van der Waals surface area contributed by atoms with E-state index < -0.39 is 5.82 Å². The molecule has 6 heteroatoms. The zero-order valence-corrected chi connectivity index (χ0v) is 12.4. The number of Topliss-reactive ketones (excluding diaryl/α,β-unsaturated/α-hetero) is 1. The Kier molecular flexibility index (Phi) is 4.78. The highest BCUT2D eigenvalue weighted by molar-refractivity contribution is 6.33. The number of halogens is 3. The second-order valence-electron chi connectivity index (χ2n) is 4.38. The number of benzene rings is 1. The van der Waals surface area contributed by atoms with Gasteiger partial charge in [-0.2, -0.15) is 5.10 Å². The van der Waals surface area contributed by atoms with E-state index in [4.69, 9.17) is 23.2 Å². The lowest BCUT2D eigenvalue weighted by Gasteiger charge is -2.07. The van der Waals surface area contributed by atoms with E-state index in [0.29, 0.717) is 12.2 Å². The van der Waals surface area contributed by atoms with Gasteiger partial charge in [-0.15, -0.1) is 0 Å². The Morgan fingerprint density at radius 2 is 2.10 bits per heavy atom. The van der Waals surface area contributed by atoms with Crippen LogP contribution >= 0.6 is 23.2 Å². The van der Waals surface area contributed by atoms with Gasteiger partial charge in [-0.25, -0.2) is 4.39 Å². The number of hydrogen-bond acceptors (Lipinski definition) is 2. The Balaban J connectivity index is 2.28. The van der Waals surface area contributed by atoms with Crippen molar-refractivity contribution in [2.75, 3.05) is 0 Å². The predicted molar refractivity (Wildman–Crippen MR) is 77.0 cm³/mol. The molecular formula is C14H13Cl2FN2O. The highest BCUT2D eigenvalue weighted by Crippen LogP contribution is 2.22. The molecule has 0 saturated carbocycles. The van der Waals surface area contributed by atoms with E-state index >= 15 is 0 Å². The Hall–Kier alpha value is -1.39. The molecule has 1 aromatic carbocycles. The van der Waals surface area contributed by atoms with Crippen LogP contribution in [0, 0.1) is 5.82 Å². The molecule has 0 N–H and O–H groups in total. The first-order valence-electron chi connectivity index (χ1n) is 6.22. The van der Waals surface area contributed by atoms with Crippen molar-refractivity contribution in [2.24, 2.45) is 0 Å². The molecule has 0 saturated heterocycles. The summed E-state index contributed by atoms with van der Waals surface area (Å²) in [6.45, 7) is 2.56. The van der Waals surface area contributed by atoms with E-state index in [0.717, 1.165) is 6.42 Å². The molecule has 1 heterocycles. The maximum absolute atomic E-state index is 13.8. The van der Waals surface area contributed by atoms with Crippen LogP contribution < -0.4 is 0 Å². The zero-order chi connectivity index (χ0) is 14.7. The molecule has 106 valence electrons. The van der Waals surface area contributed by atoms with Crippen LogP contribution in [-0.2, 0) is 13.0 Å². The zero-order valence-electron chi connectivity index (χ0n) is 10.9. The summed E-state index contributed by atoms with van der Waals surface area (Å²) in [5.74, 6) is -0.845. The molecule has 3 nitrogen and oxygen atoms in total. The number of carbonyl (C=O) groups excluding carboxylic acids is 1.